The Morgan fingerprint density at radius 3 is 2.83 bits per heavy atom. The van der Waals surface area contributed by atoms with Gasteiger partial charge < -0.3 is 19.5 Å². The molecule has 0 unspecified atom stereocenters. The number of urea groups is 1. The maximum absolute atomic E-state index is 12.3. The van der Waals surface area contributed by atoms with Crippen LogP contribution in [0.1, 0.15) is 24.7 Å². The van der Waals surface area contributed by atoms with Gasteiger partial charge >= 0.3 is 6.03 Å². The minimum atomic E-state index is -0.0804. The summed E-state index contributed by atoms with van der Waals surface area (Å²) in [5.74, 6) is 0.863. The number of carbonyl (C=O) groups excluding carboxylic acids is 1. The molecule has 6 nitrogen and oxygen atoms in total. The summed E-state index contributed by atoms with van der Waals surface area (Å²) < 4.78 is 7.19. The maximum Gasteiger partial charge on any atom is 0.317 e. The standard InChI is InChI=1S/C18H26N4O2/c1-3-9-20-18(23)22(12-13-24-2)15-17-19-10-11-21(17)14-16-7-5-4-6-8-16/h4-8,10-11H,3,9,12-15H2,1-2H3,(H,20,23). The number of amides is 2. The first-order valence-electron chi connectivity index (χ1n) is 8.30. The van der Waals surface area contributed by atoms with Crippen LogP contribution in [0.2, 0.25) is 0 Å². The van der Waals surface area contributed by atoms with Gasteiger partial charge in [0.15, 0.2) is 0 Å². The highest BCUT2D eigenvalue weighted by atomic mass is 16.5. The molecule has 0 saturated heterocycles. The Balaban J connectivity index is 2.05. The molecule has 1 aromatic carbocycles. The summed E-state index contributed by atoms with van der Waals surface area (Å²) in [5, 5.41) is 2.92. The normalized spacial score (nSPS) is 10.6. The predicted octanol–water partition coefficient (Wildman–Crippen LogP) is 2.50. The fraction of sp³-hybridized carbons (Fsp3) is 0.444. The van der Waals surface area contributed by atoms with Crippen molar-refractivity contribution in [2.75, 3.05) is 26.8 Å². The summed E-state index contributed by atoms with van der Waals surface area (Å²) in [6.45, 7) is 4.93. The molecule has 0 aliphatic rings. The average Bonchev–Trinajstić information content (AvgIpc) is 3.04. The number of nitrogens with zero attached hydrogens (tertiary/aromatic N) is 3. The van der Waals surface area contributed by atoms with Gasteiger partial charge in [-0.15, -0.1) is 0 Å². The highest BCUT2D eigenvalue weighted by Crippen LogP contribution is 2.08. The Bertz CT molecular complexity index is 612. The lowest BCUT2D eigenvalue weighted by Gasteiger charge is -2.23. The largest absolute Gasteiger partial charge is 0.383 e. The van der Waals surface area contributed by atoms with Crippen LogP contribution in [-0.4, -0.2) is 47.3 Å². The van der Waals surface area contributed by atoms with E-state index in [1.54, 1.807) is 18.2 Å². The second-order valence-electron chi connectivity index (χ2n) is 5.60. The molecular weight excluding hydrogens is 304 g/mol. The molecule has 0 saturated carbocycles. The summed E-state index contributed by atoms with van der Waals surface area (Å²) in [7, 11) is 1.64. The minimum Gasteiger partial charge on any atom is -0.383 e. The predicted molar refractivity (Wildman–Crippen MR) is 93.7 cm³/mol. The van der Waals surface area contributed by atoms with E-state index in [1.165, 1.54) is 5.56 Å². The summed E-state index contributed by atoms with van der Waals surface area (Å²) in [5.41, 5.74) is 1.20. The monoisotopic (exact) mass is 330 g/mol. The van der Waals surface area contributed by atoms with Crippen LogP contribution < -0.4 is 5.32 Å². The Hall–Kier alpha value is -2.34. The van der Waals surface area contributed by atoms with Crippen LogP contribution in [0, 0.1) is 0 Å². The number of nitrogens with one attached hydrogen (secondary N) is 1. The van der Waals surface area contributed by atoms with Gasteiger partial charge in [0.05, 0.1) is 13.2 Å². The number of hydrogen-bond donors (Lipinski definition) is 1. The molecule has 0 spiro atoms. The van der Waals surface area contributed by atoms with Crippen molar-refractivity contribution in [1.82, 2.24) is 19.8 Å². The van der Waals surface area contributed by atoms with Crippen molar-refractivity contribution in [1.29, 1.82) is 0 Å². The lowest BCUT2D eigenvalue weighted by Crippen LogP contribution is -2.42. The molecule has 0 radical (unpaired) electrons. The quantitative estimate of drug-likeness (QED) is 0.768. The molecule has 0 atom stereocenters. The van der Waals surface area contributed by atoms with Crippen LogP contribution >= 0.6 is 0 Å². The molecule has 2 amide bonds. The number of methoxy groups -OCH3 is 1. The first kappa shape index (κ1) is 18.0. The van der Waals surface area contributed by atoms with Crippen LogP contribution in [0.15, 0.2) is 42.7 Å². The molecule has 1 aromatic heterocycles. The SMILES string of the molecule is CCCNC(=O)N(CCOC)Cc1nccn1Cc1ccccc1. The Morgan fingerprint density at radius 2 is 2.12 bits per heavy atom. The summed E-state index contributed by atoms with van der Waals surface area (Å²) >= 11 is 0. The Kier molecular flexibility index (Phi) is 7.29. The van der Waals surface area contributed by atoms with Crippen LogP contribution in [0.5, 0.6) is 0 Å². The zero-order chi connectivity index (χ0) is 17.2. The zero-order valence-electron chi connectivity index (χ0n) is 14.4. The van der Waals surface area contributed by atoms with Crippen LogP contribution in [0.4, 0.5) is 4.79 Å². The van der Waals surface area contributed by atoms with Crippen LogP contribution in [0.3, 0.4) is 0 Å². The molecule has 24 heavy (non-hydrogen) atoms. The smallest absolute Gasteiger partial charge is 0.317 e. The zero-order valence-corrected chi connectivity index (χ0v) is 14.4. The molecule has 6 heteroatoms. The average molecular weight is 330 g/mol. The first-order chi connectivity index (χ1) is 11.7. The van der Waals surface area contributed by atoms with Crippen molar-refractivity contribution < 1.29 is 9.53 Å². The van der Waals surface area contributed by atoms with Gasteiger partial charge in [-0.2, -0.15) is 0 Å². The van der Waals surface area contributed by atoms with Gasteiger partial charge in [0.1, 0.15) is 5.82 Å². The van der Waals surface area contributed by atoms with Crippen molar-refractivity contribution in [3.8, 4) is 0 Å². The highest BCUT2D eigenvalue weighted by Gasteiger charge is 2.16. The molecule has 0 aliphatic heterocycles. The molecule has 0 bridgehead atoms. The number of carbonyl (C=O) groups is 1. The molecule has 0 aliphatic carbocycles. The number of hydrogen-bond acceptors (Lipinski definition) is 3. The molecule has 2 rings (SSSR count). The molecule has 0 fully saturated rings. The van der Waals surface area contributed by atoms with Gasteiger partial charge in [-0.1, -0.05) is 37.3 Å². The lowest BCUT2D eigenvalue weighted by molar-refractivity contribution is 0.145. The van der Waals surface area contributed by atoms with Crippen molar-refractivity contribution >= 4 is 6.03 Å². The van der Waals surface area contributed by atoms with E-state index in [9.17, 15) is 4.79 Å². The Labute approximate surface area is 143 Å². The second kappa shape index (κ2) is 9.72. The molecular formula is C18H26N4O2. The van der Waals surface area contributed by atoms with Gasteiger partial charge in [0, 0.05) is 39.1 Å². The minimum absolute atomic E-state index is 0.0804. The van der Waals surface area contributed by atoms with Gasteiger partial charge in [-0.3, -0.25) is 0 Å². The molecule has 1 heterocycles. The third kappa shape index (κ3) is 5.38. The number of benzene rings is 1. The number of aromatic nitrogens is 2. The van der Waals surface area contributed by atoms with E-state index in [-0.39, 0.29) is 6.03 Å². The van der Waals surface area contributed by atoms with E-state index in [0.29, 0.717) is 26.2 Å². The van der Waals surface area contributed by atoms with Crippen LogP contribution in [-0.2, 0) is 17.8 Å². The van der Waals surface area contributed by atoms with E-state index >= 15 is 0 Å². The van der Waals surface area contributed by atoms with Crippen LogP contribution in [0.25, 0.3) is 0 Å². The van der Waals surface area contributed by atoms with E-state index in [0.717, 1.165) is 18.8 Å². The topological polar surface area (TPSA) is 59.4 Å². The Morgan fingerprint density at radius 1 is 1.33 bits per heavy atom. The second-order valence-corrected chi connectivity index (χ2v) is 5.60. The summed E-state index contributed by atoms with van der Waals surface area (Å²) in [6, 6.07) is 10.1. The van der Waals surface area contributed by atoms with E-state index < -0.39 is 0 Å². The molecule has 130 valence electrons. The molecule has 1 N–H and O–H groups in total. The van der Waals surface area contributed by atoms with E-state index in [1.807, 2.05) is 31.3 Å². The third-order valence-corrected chi connectivity index (χ3v) is 3.71. The third-order valence-electron chi connectivity index (χ3n) is 3.71. The van der Waals surface area contributed by atoms with Crippen molar-refractivity contribution in [3.05, 3.63) is 54.1 Å². The first-order valence-corrected chi connectivity index (χ1v) is 8.30. The van der Waals surface area contributed by atoms with Gasteiger partial charge in [0.2, 0.25) is 0 Å². The fourth-order valence-corrected chi connectivity index (χ4v) is 2.38. The van der Waals surface area contributed by atoms with E-state index in [2.05, 4.69) is 27.0 Å². The maximum atomic E-state index is 12.3. The number of rotatable bonds is 9. The number of ether oxygens (including phenoxy) is 1. The summed E-state index contributed by atoms with van der Waals surface area (Å²) in [6.07, 6.45) is 4.63. The van der Waals surface area contributed by atoms with Gasteiger partial charge in [-0.25, -0.2) is 9.78 Å². The number of imidazole rings is 1. The van der Waals surface area contributed by atoms with Crippen molar-refractivity contribution in [2.24, 2.45) is 0 Å². The van der Waals surface area contributed by atoms with E-state index in [4.69, 9.17) is 4.74 Å². The van der Waals surface area contributed by atoms with Gasteiger partial charge in [-0.05, 0) is 12.0 Å². The van der Waals surface area contributed by atoms with Crippen molar-refractivity contribution in [3.63, 3.8) is 0 Å². The summed E-state index contributed by atoms with van der Waals surface area (Å²) in [4.78, 5) is 18.5. The lowest BCUT2D eigenvalue weighted by atomic mass is 10.2. The molecule has 2 aromatic rings. The van der Waals surface area contributed by atoms with Crippen molar-refractivity contribution in [2.45, 2.75) is 26.4 Å². The highest BCUT2D eigenvalue weighted by molar-refractivity contribution is 5.74. The fourth-order valence-electron chi connectivity index (χ4n) is 2.38. The van der Waals surface area contributed by atoms with Gasteiger partial charge in [0.25, 0.3) is 0 Å².